The Balaban J connectivity index is 2.13. The van der Waals surface area contributed by atoms with Crippen LogP contribution in [0.3, 0.4) is 0 Å². The molecule has 0 aliphatic carbocycles. The fraction of sp³-hybridized carbons (Fsp3) is 0.389. The summed E-state index contributed by atoms with van der Waals surface area (Å²) in [5.41, 5.74) is 7.21. The van der Waals surface area contributed by atoms with Gasteiger partial charge in [-0.15, -0.1) is 0 Å². The second-order valence-corrected chi connectivity index (χ2v) is 6.59. The van der Waals surface area contributed by atoms with Crippen LogP contribution in [0.4, 0.5) is 10.5 Å². The molecule has 124 valence electrons. The summed E-state index contributed by atoms with van der Waals surface area (Å²) in [6.45, 7) is 5.19. The Hall–Kier alpha value is -2.27. The van der Waals surface area contributed by atoms with E-state index >= 15 is 0 Å². The maximum Gasteiger partial charge on any atom is 0.407 e. The number of rotatable bonds is 4. The number of aliphatic hydroxyl groups is 1. The quantitative estimate of drug-likeness (QED) is 0.757. The van der Waals surface area contributed by atoms with Crippen molar-refractivity contribution >= 4 is 22.6 Å². The third-order valence-electron chi connectivity index (χ3n) is 3.47. The molecule has 0 unspecified atom stereocenters. The molecule has 4 N–H and O–H groups in total. The minimum atomic E-state index is -0.577. The first-order valence-electron chi connectivity index (χ1n) is 7.66. The molecule has 0 spiro atoms. The van der Waals surface area contributed by atoms with Gasteiger partial charge in [0.25, 0.3) is 0 Å². The number of alkyl carbamates (subject to hydrolysis) is 1. The van der Waals surface area contributed by atoms with E-state index in [4.69, 9.17) is 10.5 Å². The van der Waals surface area contributed by atoms with Crippen LogP contribution < -0.4 is 11.1 Å². The van der Waals surface area contributed by atoms with Gasteiger partial charge in [-0.3, -0.25) is 0 Å². The fourth-order valence-electron chi connectivity index (χ4n) is 2.42. The largest absolute Gasteiger partial charge is 0.444 e. The third kappa shape index (κ3) is 4.60. The molecule has 2 aromatic rings. The zero-order chi connectivity index (χ0) is 17.0. The summed E-state index contributed by atoms with van der Waals surface area (Å²) >= 11 is 0. The lowest BCUT2D eigenvalue weighted by atomic mass is 9.99. The molecule has 0 aliphatic rings. The molecular weight excluding hydrogens is 292 g/mol. The molecule has 2 aromatic carbocycles. The highest BCUT2D eigenvalue weighted by Gasteiger charge is 2.20. The van der Waals surface area contributed by atoms with Crippen molar-refractivity contribution in [2.24, 2.45) is 0 Å². The maximum absolute atomic E-state index is 11.8. The molecule has 0 aromatic heterocycles. The average molecular weight is 316 g/mol. The van der Waals surface area contributed by atoms with Crippen LogP contribution in [-0.4, -0.2) is 29.4 Å². The molecule has 5 heteroatoms. The van der Waals surface area contributed by atoms with E-state index in [1.54, 1.807) is 20.8 Å². The van der Waals surface area contributed by atoms with Gasteiger partial charge in [0.15, 0.2) is 0 Å². The van der Waals surface area contributed by atoms with Gasteiger partial charge in [0.2, 0.25) is 0 Å². The molecule has 5 nitrogen and oxygen atoms in total. The van der Waals surface area contributed by atoms with Crippen molar-refractivity contribution in [2.45, 2.75) is 38.8 Å². The number of ether oxygens (including phenoxy) is 1. The Kier molecular flexibility index (Phi) is 5.11. The predicted molar refractivity (Wildman–Crippen MR) is 92.3 cm³/mol. The summed E-state index contributed by atoms with van der Waals surface area (Å²) in [7, 11) is 0. The van der Waals surface area contributed by atoms with E-state index in [2.05, 4.69) is 5.32 Å². The number of amides is 1. The number of hydrogen-bond acceptors (Lipinski definition) is 4. The smallest absolute Gasteiger partial charge is 0.407 e. The number of nitrogens with one attached hydrogen (secondary N) is 1. The normalized spacial score (nSPS) is 12.9. The molecular formula is C18H24N2O3. The Bertz CT molecular complexity index is 692. The highest BCUT2D eigenvalue weighted by molar-refractivity contribution is 5.94. The zero-order valence-electron chi connectivity index (χ0n) is 13.8. The lowest BCUT2D eigenvalue weighted by Crippen LogP contribution is -2.42. The minimum Gasteiger partial charge on any atom is -0.444 e. The van der Waals surface area contributed by atoms with Crippen molar-refractivity contribution in [1.82, 2.24) is 5.32 Å². The molecule has 0 saturated carbocycles. The lowest BCUT2D eigenvalue weighted by Gasteiger charge is -2.23. The molecule has 23 heavy (non-hydrogen) atoms. The summed E-state index contributed by atoms with van der Waals surface area (Å²) in [5.74, 6) is 0. The first kappa shape index (κ1) is 17.1. The van der Waals surface area contributed by atoms with Gasteiger partial charge in [0.05, 0.1) is 12.6 Å². The van der Waals surface area contributed by atoms with Gasteiger partial charge in [-0.05, 0) is 38.1 Å². The minimum absolute atomic E-state index is 0.189. The Morgan fingerprint density at radius 1 is 1.26 bits per heavy atom. The standard InChI is InChI=1S/C18H24N2O3/c1-18(2,3)23-17(22)20-14(11-21)10-13-9-8-12-6-4-5-7-15(12)16(13)19/h4-9,14,21H,10-11,19H2,1-3H3,(H,20,22)/t14-/m0/s1. The summed E-state index contributed by atoms with van der Waals surface area (Å²) < 4.78 is 5.22. The number of benzene rings is 2. The predicted octanol–water partition coefficient (Wildman–Crippen LogP) is 2.85. The second-order valence-electron chi connectivity index (χ2n) is 6.59. The maximum atomic E-state index is 11.8. The van der Waals surface area contributed by atoms with E-state index in [9.17, 15) is 9.90 Å². The van der Waals surface area contributed by atoms with Crippen molar-refractivity contribution < 1.29 is 14.6 Å². The molecule has 0 heterocycles. The van der Waals surface area contributed by atoms with Crippen molar-refractivity contribution in [2.75, 3.05) is 12.3 Å². The summed E-state index contributed by atoms with van der Waals surface area (Å²) in [6.07, 6.45) is -0.109. The average Bonchev–Trinajstić information content (AvgIpc) is 2.47. The molecule has 0 bridgehead atoms. The van der Waals surface area contributed by atoms with Crippen molar-refractivity contribution in [3.63, 3.8) is 0 Å². The van der Waals surface area contributed by atoms with Gasteiger partial charge < -0.3 is 20.9 Å². The van der Waals surface area contributed by atoms with E-state index in [-0.39, 0.29) is 6.61 Å². The second kappa shape index (κ2) is 6.87. The van der Waals surface area contributed by atoms with E-state index in [0.717, 1.165) is 16.3 Å². The molecule has 2 rings (SSSR count). The summed E-state index contributed by atoms with van der Waals surface area (Å²) in [6, 6.07) is 11.3. The van der Waals surface area contributed by atoms with Crippen molar-refractivity contribution in [1.29, 1.82) is 0 Å². The number of carbonyl (C=O) groups excluding carboxylic acids is 1. The number of carbonyl (C=O) groups is 1. The topological polar surface area (TPSA) is 84.6 Å². The van der Waals surface area contributed by atoms with E-state index in [0.29, 0.717) is 12.1 Å². The summed E-state index contributed by atoms with van der Waals surface area (Å²) in [5, 5.41) is 14.2. The monoisotopic (exact) mass is 316 g/mol. The number of nitrogens with two attached hydrogens (primary N) is 1. The Morgan fingerprint density at radius 2 is 1.96 bits per heavy atom. The molecule has 1 atom stereocenters. The molecule has 1 amide bonds. The SMILES string of the molecule is CC(C)(C)OC(=O)N[C@H](CO)Cc1ccc2ccccc2c1N. The number of nitrogen functional groups attached to an aromatic ring is 1. The van der Waals surface area contributed by atoms with E-state index < -0.39 is 17.7 Å². The van der Waals surface area contributed by atoms with E-state index in [1.807, 2.05) is 36.4 Å². The van der Waals surface area contributed by atoms with Gasteiger partial charge in [0.1, 0.15) is 5.60 Å². The van der Waals surface area contributed by atoms with Crippen molar-refractivity contribution in [3.8, 4) is 0 Å². The number of aliphatic hydroxyl groups excluding tert-OH is 1. The van der Waals surface area contributed by atoms with E-state index in [1.165, 1.54) is 0 Å². The highest BCUT2D eigenvalue weighted by atomic mass is 16.6. The van der Waals surface area contributed by atoms with Gasteiger partial charge in [-0.1, -0.05) is 36.4 Å². The number of anilines is 1. The first-order valence-corrected chi connectivity index (χ1v) is 7.66. The molecule has 0 fully saturated rings. The number of hydrogen-bond donors (Lipinski definition) is 3. The Morgan fingerprint density at radius 3 is 2.61 bits per heavy atom. The van der Waals surface area contributed by atoms with Crippen LogP contribution in [0.25, 0.3) is 10.8 Å². The van der Waals surface area contributed by atoms with Crippen LogP contribution in [0.15, 0.2) is 36.4 Å². The molecule has 0 radical (unpaired) electrons. The first-order chi connectivity index (χ1) is 10.8. The fourth-order valence-corrected chi connectivity index (χ4v) is 2.42. The number of fused-ring (bicyclic) bond motifs is 1. The van der Waals surface area contributed by atoms with Gasteiger partial charge in [-0.2, -0.15) is 0 Å². The Labute approximate surface area is 136 Å². The van der Waals surface area contributed by atoms with Crippen LogP contribution in [0.1, 0.15) is 26.3 Å². The lowest BCUT2D eigenvalue weighted by molar-refractivity contribution is 0.0483. The molecule has 0 aliphatic heterocycles. The van der Waals surface area contributed by atoms with Gasteiger partial charge >= 0.3 is 6.09 Å². The molecule has 0 saturated heterocycles. The van der Waals surface area contributed by atoms with Crippen LogP contribution in [0.5, 0.6) is 0 Å². The van der Waals surface area contributed by atoms with Crippen LogP contribution >= 0.6 is 0 Å². The van der Waals surface area contributed by atoms with Crippen LogP contribution in [0, 0.1) is 0 Å². The van der Waals surface area contributed by atoms with Crippen molar-refractivity contribution in [3.05, 3.63) is 42.0 Å². The highest BCUT2D eigenvalue weighted by Crippen LogP contribution is 2.25. The summed E-state index contributed by atoms with van der Waals surface area (Å²) in [4.78, 5) is 11.8. The van der Waals surface area contributed by atoms with Crippen LogP contribution in [0.2, 0.25) is 0 Å². The van der Waals surface area contributed by atoms with Gasteiger partial charge in [0, 0.05) is 11.1 Å². The van der Waals surface area contributed by atoms with Crippen LogP contribution in [-0.2, 0) is 11.2 Å². The third-order valence-corrected chi connectivity index (χ3v) is 3.47. The van der Waals surface area contributed by atoms with Gasteiger partial charge in [-0.25, -0.2) is 4.79 Å². The zero-order valence-corrected chi connectivity index (χ0v) is 13.8.